The normalized spacial score (nSPS) is 27.1. The van der Waals surface area contributed by atoms with E-state index in [1.807, 2.05) is 0 Å². The lowest BCUT2D eigenvalue weighted by Gasteiger charge is -2.42. The second-order valence-electron chi connectivity index (χ2n) is 8.00. The van der Waals surface area contributed by atoms with Crippen LogP contribution in [0.25, 0.3) is 0 Å². The summed E-state index contributed by atoms with van der Waals surface area (Å²) in [6.45, 7) is 12.0. The number of piperidine rings is 1. The fourth-order valence-electron chi connectivity index (χ4n) is 3.95. The maximum atomic E-state index is 5.27. The second kappa shape index (κ2) is 8.36. The van der Waals surface area contributed by atoms with Crippen LogP contribution in [0.1, 0.15) is 65.7 Å². The maximum Gasteiger partial charge on any atom is 0.193 e. The molecule has 2 rings (SSSR count). The summed E-state index contributed by atoms with van der Waals surface area (Å²) in [5, 5.41) is 3.53. The van der Waals surface area contributed by atoms with Crippen LogP contribution in [-0.2, 0) is 4.74 Å². The van der Waals surface area contributed by atoms with E-state index < -0.39 is 0 Å². The Morgan fingerprint density at radius 1 is 1.22 bits per heavy atom. The molecule has 0 amide bonds. The van der Waals surface area contributed by atoms with E-state index in [0.29, 0.717) is 10.8 Å². The summed E-state index contributed by atoms with van der Waals surface area (Å²) in [4.78, 5) is 7.53. The molecule has 1 heterocycles. The number of ether oxygens (including phenoxy) is 1. The second-order valence-corrected chi connectivity index (χ2v) is 8.00. The van der Waals surface area contributed by atoms with Crippen LogP contribution in [0.15, 0.2) is 4.99 Å². The number of likely N-dealkylation sites (tertiary alicyclic amines) is 1. The number of methoxy groups -OCH3 is 1. The van der Waals surface area contributed by atoms with Gasteiger partial charge in [0, 0.05) is 39.9 Å². The van der Waals surface area contributed by atoms with Crippen LogP contribution >= 0.6 is 0 Å². The Balaban J connectivity index is 1.98. The highest BCUT2D eigenvalue weighted by atomic mass is 16.5. The van der Waals surface area contributed by atoms with Crippen LogP contribution in [0, 0.1) is 10.8 Å². The lowest BCUT2D eigenvalue weighted by Crippen LogP contribution is -2.50. The summed E-state index contributed by atoms with van der Waals surface area (Å²) in [7, 11) is 1.80. The van der Waals surface area contributed by atoms with Crippen molar-refractivity contribution in [3.8, 4) is 0 Å². The van der Waals surface area contributed by atoms with Gasteiger partial charge in [0.15, 0.2) is 5.96 Å². The van der Waals surface area contributed by atoms with Gasteiger partial charge >= 0.3 is 0 Å². The third kappa shape index (κ3) is 5.37. The standard InChI is InChI=1S/C19H37N3O/c1-5-8-18(3)9-7-13-22(16-18)17(20-6-2)21-15-19(10-11-19)12-14-23-4/h5-16H2,1-4H3,(H,20,21). The molecule has 0 radical (unpaired) electrons. The molecule has 1 saturated heterocycles. The summed E-state index contributed by atoms with van der Waals surface area (Å²) in [5.74, 6) is 1.14. The molecular formula is C19H37N3O. The fourth-order valence-corrected chi connectivity index (χ4v) is 3.95. The van der Waals surface area contributed by atoms with Crippen LogP contribution < -0.4 is 5.32 Å². The number of aliphatic imine (C=N–C) groups is 1. The van der Waals surface area contributed by atoms with Crippen molar-refractivity contribution in [3.63, 3.8) is 0 Å². The van der Waals surface area contributed by atoms with Crippen molar-refractivity contribution in [1.82, 2.24) is 10.2 Å². The molecule has 134 valence electrons. The smallest absolute Gasteiger partial charge is 0.193 e. The highest BCUT2D eigenvalue weighted by Crippen LogP contribution is 2.49. The molecule has 1 aliphatic heterocycles. The number of guanidine groups is 1. The van der Waals surface area contributed by atoms with Gasteiger partial charge in [-0.3, -0.25) is 4.99 Å². The zero-order valence-electron chi connectivity index (χ0n) is 15.8. The molecule has 1 saturated carbocycles. The third-order valence-electron chi connectivity index (χ3n) is 5.63. The third-order valence-corrected chi connectivity index (χ3v) is 5.63. The van der Waals surface area contributed by atoms with E-state index in [-0.39, 0.29) is 0 Å². The first-order valence-corrected chi connectivity index (χ1v) is 9.59. The Labute approximate surface area is 143 Å². The molecule has 1 N–H and O–H groups in total. The number of rotatable bonds is 8. The average molecular weight is 324 g/mol. The molecule has 0 aromatic heterocycles. The molecule has 0 aromatic carbocycles. The van der Waals surface area contributed by atoms with E-state index in [1.165, 1.54) is 38.5 Å². The topological polar surface area (TPSA) is 36.9 Å². The first kappa shape index (κ1) is 18.6. The Bertz CT molecular complexity index is 388. The highest BCUT2D eigenvalue weighted by Gasteiger charge is 2.42. The first-order valence-electron chi connectivity index (χ1n) is 9.59. The van der Waals surface area contributed by atoms with Gasteiger partial charge in [-0.25, -0.2) is 0 Å². The molecule has 1 aliphatic carbocycles. The molecule has 1 unspecified atom stereocenters. The zero-order valence-corrected chi connectivity index (χ0v) is 15.8. The monoisotopic (exact) mass is 323 g/mol. The minimum Gasteiger partial charge on any atom is -0.385 e. The van der Waals surface area contributed by atoms with E-state index in [2.05, 4.69) is 31.0 Å². The summed E-state index contributed by atoms with van der Waals surface area (Å²) in [5.41, 5.74) is 0.885. The Morgan fingerprint density at radius 3 is 2.61 bits per heavy atom. The molecule has 0 aromatic rings. The molecule has 2 aliphatic rings. The zero-order chi connectivity index (χ0) is 16.8. The predicted octanol–water partition coefficient (Wildman–Crippen LogP) is 3.67. The van der Waals surface area contributed by atoms with E-state index in [1.54, 1.807) is 7.11 Å². The van der Waals surface area contributed by atoms with Gasteiger partial charge in [-0.05, 0) is 56.3 Å². The quantitative estimate of drug-likeness (QED) is 0.547. The number of nitrogens with one attached hydrogen (secondary N) is 1. The van der Waals surface area contributed by atoms with Gasteiger partial charge in [0.2, 0.25) is 0 Å². The predicted molar refractivity (Wildman–Crippen MR) is 98.0 cm³/mol. The minimum absolute atomic E-state index is 0.430. The van der Waals surface area contributed by atoms with Crippen LogP contribution in [0.4, 0.5) is 0 Å². The molecule has 4 heteroatoms. The Morgan fingerprint density at radius 2 is 2.00 bits per heavy atom. The van der Waals surface area contributed by atoms with Crippen molar-refractivity contribution >= 4 is 5.96 Å². The Kier molecular flexibility index (Phi) is 6.75. The van der Waals surface area contributed by atoms with Gasteiger partial charge in [0.1, 0.15) is 0 Å². The largest absolute Gasteiger partial charge is 0.385 e. The molecule has 4 nitrogen and oxygen atoms in total. The minimum atomic E-state index is 0.430. The molecule has 0 spiro atoms. The Hall–Kier alpha value is -0.770. The van der Waals surface area contributed by atoms with Crippen LogP contribution in [0.2, 0.25) is 0 Å². The lowest BCUT2D eigenvalue weighted by molar-refractivity contribution is 0.142. The van der Waals surface area contributed by atoms with Crippen LogP contribution in [0.5, 0.6) is 0 Å². The van der Waals surface area contributed by atoms with Crippen molar-refractivity contribution in [1.29, 1.82) is 0 Å². The maximum absolute atomic E-state index is 5.27. The highest BCUT2D eigenvalue weighted by molar-refractivity contribution is 5.80. The lowest BCUT2D eigenvalue weighted by atomic mass is 9.78. The van der Waals surface area contributed by atoms with Gasteiger partial charge in [0.05, 0.1) is 0 Å². The molecular weight excluding hydrogens is 286 g/mol. The number of nitrogens with zero attached hydrogens (tertiary/aromatic N) is 2. The van der Waals surface area contributed by atoms with Crippen molar-refractivity contribution < 1.29 is 4.74 Å². The van der Waals surface area contributed by atoms with Crippen molar-refractivity contribution in [2.24, 2.45) is 15.8 Å². The van der Waals surface area contributed by atoms with Gasteiger partial charge in [-0.2, -0.15) is 0 Å². The van der Waals surface area contributed by atoms with E-state index in [9.17, 15) is 0 Å². The van der Waals surface area contributed by atoms with Gasteiger partial charge in [-0.15, -0.1) is 0 Å². The molecule has 2 fully saturated rings. The van der Waals surface area contributed by atoms with E-state index in [4.69, 9.17) is 9.73 Å². The first-order chi connectivity index (χ1) is 11.1. The number of hydrogen-bond donors (Lipinski definition) is 1. The van der Waals surface area contributed by atoms with E-state index in [0.717, 1.165) is 45.2 Å². The molecule has 0 bridgehead atoms. The van der Waals surface area contributed by atoms with Crippen molar-refractivity contribution in [3.05, 3.63) is 0 Å². The molecule has 1 atom stereocenters. The summed E-state index contributed by atoms with van der Waals surface area (Å²) in [6.07, 6.45) is 9.02. The number of hydrogen-bond acceptors (Lipinski definition) is 2. The van der Waals surface area contributed by atoms with Gasteiger partial charge in [-0.1, -0.05) is 20.3 Å². The van der Waals surface area contributed by atoms with Gasteiger partial charge < -0.3 is 15.0 Å². The summed E-state index contributed by atoms with van der Waals surface area (Å²) in [6, 6.07) is 0. The SMILES string of the molecule is CCCC1(C)CCCN(C(=NCC2(CCOC)CC2)NCC)C1. The van der Waals surface area contributed by atoms with Crippen molar-refractivity contribution in [2.75, 3.05) is 39.9 Å². The summed E-state index contributed by atoms with van der Waals surface area (Å²) >= 11 is 0. The van der Waals surface area contributed by atoms with Crippen LogP contribution in [0.3, 0.4) is 0 Å². The average Bonchev–Trinajstić information content (AvgIpc) is 3.30. The van der Waals surface area contributed by atoms with E-state index >= 15 is 0 Å². The fraction of sp³-hybridized carbons (Fsp3) is 0.947. The van der Waals surface area contributed by atoms with Gasteiger partial charge in [0.25, 0.3) is 0 Å². The summed E-state index contributed by atoms with van der Waals surface area (Å²) < 4.78 is 5.27. The van der Waals surface area contributed by atoms with Crippen molar-refractivity contribution in [2.45, 2.75) is 65.7 Å². The van der Waals surface area contributed by atoms with Crippen LogP contribution in [-0.4, -0.2) is 50.8 Å². The molecule has 23 heavy (non-hydrogen) atoms.